The SMILES string of the molecule is O=C(NC12CC3CC(CC(NCC(=O)N4Cc5ccc(F)cc5C4)(C3)C1)C2)c1ccc(-c2cccs2)cc1. The molecule has 4 saturated carbocycles. The van der Waals surface area contributed by atoms with E-state index >= 15 is 0 Å². The fraction of sp³-hybridized carbons (Fsp3) is 0.419. The average molecular weight is 530 g/mol. The van der Waals surface area contributed by atoms with E-state index in [9.17, 15) is 14.0 Å². The Morgan fingerprint density at radius 3 is 2.42 bits per heavy atom. The Morgan fingerprint density at radius 2 is 1.68 bits per heavy atom. The lowest BCUT2D eigenvalue weighted by Gasteiger charge is -2.62. The maximum atomic E-state index is 13.6. The molecule has 0 saturated heterocycles. The molecule has 2 heterocycles. The molecule has 4 fully saturated rings. The number of hydrogen-bond acceptors (Lipinski definition) is 4. The maximum absolute atomic E-state index is 13.6. The lowest BCUT2D eigenvalue weighted by atomic mass is 9.50. The molecule has 3 aromatic rings. The number of rotatable bonds is 6. The number of nitrogens with zero attached hydrogens (tertiary/aromatic N) is 1. The highest BCUT2D eigenvalue weighted by Crippen LogP contribution is 2.57. The Balaban J connectivity index is 1.02. The minimum Gasteiger partial charge on any atom is -0.347 e. The zero-order valence-corrected chi connectivity index (χ0v) is 22.2. The summed E-state index contributed by atoms with van der Waals surface area (Å²) in [6.07, 6.45) is 6.26. The van der Waals surface area contributed by atoms with E-state index in [1.54, 1.807) is 17.4 Å². The highest BCUT2D eigenvalue weighted by Gasteiger charge is 2.58. The highest BCUT2D eigenvalue weighted by atomic mass is 32.1. The molecule has 196 valence electrons. The first-order valence-corrected chi connectivity index (χ1v) is 14.5. The number of fused-ring (bicyclic) bond motifs is 1. The van der Waals surface area contributed by atoms with Gasteiger partial charge < -0.3 is 15.5 Å². The molecular weight excluding hydrogens is 497 g/mol. The number of halogens is 1. The molecule has 2 amide bonds. The van der Waals surface area contributed by atoms with E-state index in [-0.39, 0.29) is 35.3 Å². The summed E-state index contributed by atoms with van der Waals surface area (Å²) in [4.78, 5) is 29.5. The van der Waals surface area contributed by atoms with E-state index in [1.807, 2.05) is 35.2 Å². The molecule has 2 N–H and O–H groups in total. The Bertz CT molecular complexity index is 1370. The maximum Gasteiger partial charge on any atom is 0.251 e. The number of thiophene rings is 1. The van der Waals surface area contributed by atoms with Crippen molar-refractivity contribution in [1.29, 1.82) is 0 Å². The van der Waals surface area contributed by atoms with Gasteiger partial charge >= 0.3 is 0 Å². The summed E-state index contributed by atoms with van der Waals surface area (Å²) in [6.45, 7) is 1.29. The second-order valence-corrected chi connectivity index (χ2v) is 13.0. The van der Waals surface area contributed by atoms with Crippen molar-refractivity contribution in [2.75, 3.05) is 6.54 Å². The number of amides is 2. The van der Waals surface area contributed by atoms with E-state index in [2.05, 4.69) is 22.1 Å². The van der Waals surface area contributed by atoms with Crippen molar-refractivity contribution in [3.63, 3.8) is 0 Å². The molecule has 5 nitrogen and oxygen atoms in total. The van der Waals surface area contributed by atoms with E-state index in [0.717, 1.165) is 48.8 Å². The zero-order valence-electron chi connectivity index (χ0n) is 21.3. The minimum atomic E-state index is -0.254. The number of benzene rings is 2. The Labute approximate surface area is 226 Å². The summed E-state index contributed by atoms with van der Waals surface area (Å²) < 4.78 is 13.6. The van der Waals surface area contributed by atoms with Gasteiger partial charge in [0, 0.05) is 34.6 Å². The second kappa shape index (κ2) is 9.02. The first-order valence-electron chi connectivity index (χ1n) is 13.6. The Hall–Kier alpha value is -3.03. The monoisotopic (exact) mass is 529 g/mol. The normalized spacial score (nSPS) is 28.9. The summed E-state index contributed by atoms with van der Waals surface area (Å²) >= 11 is 1.70. The minimum absolute atomic E-state index is 0.00188. The lowest BCUT2D eigenvalue weighted by Crippen LogP contribution is -2.69. The van der Waals surface area contributed by atoms with Crippen LogP contribution in [0.4, 0.5) is 4.39 Å². The molecule has 2 unspecified atom stereocenters. The molecule has 2 aromatic carbocycles. The topological polar surface area (TPSA) is 61.4 Å². The van der Waals surface area contributed by atoms with E-state index in [0.29, 0.717) is 30.5 Å². The van der Waals surface area contributed by atoms with Crippen LogP contribution in [0.3, 0.4) is 0 Å². The van der Waals surface area contributed by atoms with Gasteiger partial charge in [0.05, 0.1) is 6.54 Å². The summed E-state index contributed by atoms with van der Waals surface area (Å²) in [6, 6.07) is 16.8. The van der Waals surface area contributed by atoms with Gasteiger partial charge in [-0.25, -0.2) is 4.39 Å². The Kier molecular flexibility index (Phi) is 5.71. The van der Waals surface area contributed by atoms with Gasteiger partial charge in [0.15, 0.2) is 0 Å². The van der Waals surface area contributed by atoms with Crippen molar-refractivity contribution in [2.45, 2.75) is 62.7 Å². The smallest absolute Gasteiger partial charge is 0.251 e. The molecule has 0 radical (unpaired) electrons. The fourth-order valence-electron chi connectivity index (χ4n) is 8.07. The van der Waals surface area contributed by atoms with Crippen LogP contribution in [0, 0.1) is 17.7 Å². The largest absolute Gasteiger partial charge is 0.347 e. The third-order valence-corrected chi connectivity index (χ3v) is 10.2. The standard InChI is InChI=1S/C31H32FN3O2S/c32-26-8-7-24-17-35(18-25(24)11-26)28(36)16-33-30-12-20-10-21(13-30)15-31(14-20,19-30)34-29(37)23-5-3-22(4-6-23)27-2-1-9-38-27/h1-9,11,20-21,33H,10,12-19H2,(H,34,37). The average Bonchev–Trinajstić information content (AvgIpc) is 3.57. The molecule has 4 aliphatic carbocycles. The molecule has 1 aliphatic heterocycles. The van der Waals surface area contributed by atoms with Crippen molar-refractivity contribution in [1.82, 2.24) is 15.5 Å². The molecule has 38 heavy (non-hydrogen) atoms. The molecular formula is C31H32FN3O2S. The van der Waals surface area contributed by atoms with Gasteiger partial charge in [-0.1, -0.05) is 24.3 Å². The van der Waals surface area contributed by atoms with Gasteiger partial charge in [0.25, 0.3) is 5.91 Å². The number of nitrogens with one attached hydrogen (secondary N) is 2. The predicted octanol–water partition coefficient (Wildman–Crippen LogP) is 5.51. The molecule has 5 aliphatic rings. The van der Waals surface area contributed by atoms with Crippen LogP contribution >= 0.6 is 11.3 Å². The third-order valence-electron chi connectivity index (χ3n) is 9.25. The second-order valence-electron chi connectivity index (χ2n) is 12.0. The van der Waals surface area contributed by atoms with E-state index in [4.69, 9.17) is 0 Å². The summed E-state index contributed by atoms with van der Waals surface area (Å²) in [5, 5.41) is 9.22. The lowest BCUT2D eigenvalue weighted by molar-refractivity contribution is -0.132. The molecule has 1 aromatic heterocycles. The summed E-state index contributed by atoms with van der Waals surface area (Å²) in [5.74, 6) is 0.938. The van der Waals surface area contributed by atoms with Crippen molar-refractivity contribution >= 4 is 23.2 Å². The molecule has 2 atom stereocenters. The first-order chi connectivity index (χ1) is 18.4. The van der Waals surface area contributed by atoms with E-state index in [1.165, 1.54) is 23.4 Å². The van der Waals surface area contributed by atoms with Gasteiger partial charge in [0.2, 0.25) is 5.91 Å². The van der Waals surface area contributed by atoms with Gasteiger partial charge in [0.1, 0.15) is 5.82 Å². The van der Waals surface area contributed by atoms with Crippen LogP contribution in [0.1, 0.15) is 60.0 Å². The summed E-state index contributed by atoms with van der Waals surface area (Å²) in [5.41, 5.74) is 3.42. The number of carbonyl (C=O) groups excluding carboxylic acids is 2. The Morgan fingerprint density at radius 1 is 0.947 bits per heavy atom. The van der Waals surface area contributed by atoms with Crippen LogP contribution in [0.2, 0.25) is 0 Å². The van der Waals surface area contributed by atoms with Gasteiger partial charge in [-0.2, -0.15) is 0 Å². The number of hydrogen-bond donors (Lipinski definition) is 2. The van der Waals surface area contributed by atoms with Gasteiger partial charge in [-0.3, -0.25) is 9.59 Å². The molecule has 0 spiro atoms. The van der Waals surface area contributed by atoms with E-state index < -0.39 is 0 Å². The van der Waals surface area contributed by atoms with Crippen LogP contribution in [0.15, 0.2) is 60.0 Å². The first kappa shape index (κ1) is 24.0. The highest BCUT2D eigenvalue weighted by molar-refractivity contribution is 7.13. The summed E-state index contributed by atoms with van der Waals surface area (Å²) in [7, 11) is 0. The molecule has 7 heteroatoms. The molecule has 8 rings (SSSR count). The van der Waals surface area contributed by atoms with Crippen LogP contribution < -0.4 is 10.6 Å². The van der Waals surface area contributed by atoms with Gasteiger partial charge in [-0.15, -0.1) is 11.3 Å². The number of carbonyl (C=O) groups is 2. The molecule has 4 bridgehead atoms. The van der Waals surface area contributed by atoms with Crippen molar-refractivity contribution in [2.24, 2.45) is 11.8 Å². The van der Waals surface area contributed by atoms with Crippen LogP contribution in [-0.4, -0.2) is 34.3 Å². The van der Waals surface area contributed by atoms with Gasteiger partial charge in [-0.05, 0) is 103 Å². The zero-order chi connectivity index (χ0) is 25.9. The van der Waals surface area contributed by atoms with Crippen LogP contribution in [-0.2, 0) is 17.9 Å². The fourth-order valence-corrected chi connectivity index (χ4v) is 8.80. The van der Waals surface area contributed by atoms with Crippen molar-refractivity contribution in [3.8, 4) is 10.4 Å². The van der Waals surface area contributed by atoms with Crippen molar-refractivity contribution in [3.05, 3.63) is 82.5 Å². The van der Waals surface area contributed by atoms with Crippen molar-refractivity contribution < 1.29 is 14.0 Å². The van der Waals surface area contributed by atoms with Crippen LogP contribution in [0.5, 0.6) is 0 Å². The third kappa shape index (κ3) is 4.35. The van der Waals surface area contributed by atoms with Crippen LogP contribution in [0.25, 0.3) is 10.4 Å². The quantitative estimate of drug-likeness (QED) is 0.443. The predicted molar refractivity (Wildman–Crippen MR) is 146 cm³/mol.